The van der Waals surface area contributed by atoms with Gasteiger partial charge in [0.25, 0.3) is 0 Å². The van der Waals surface area contributed by atoms with E-state index in [-0.39, 0.29) is 18.3 Å². The van der Waals surface area contributed by atoms with Crippen LogP contribution in [0.1, 0.15) is 39.4 Å². The minimum absolute atomic E-state index is 0.0301. The van der Waals surface area contributed by atoms with E-state index in [1.54, 1.807) is 0 Å². The van der Waals surface area contributed by atoms with E-state index in [2.05, 4.69) is 28.9 Å². The van der Waals surface area contributed by atoms with Crippen molar-refractivity contribution in [3.8, 4) is 0 Å². The second kappa shape index (κ2) is 6.20. The lowest BCUT2D eigenvalue weighted by Gasteiger charge is -2.41. The van der Waals surface area contributed by atoms with Crippen LogP contribution in [0.4, 0.5) is 0 Å². The second-order valence-electron chi connectivity index (χ2n) is 6.55. The summed E-state index contributed by atoms with van der Waals surface area (Å²) in [6, 6.07) is 0. The number of morpholine rings is 1. The van der Waals surface area contributed by atoms with E-state index in [0.29, 0.717) is 24.9 Å². The van der Waals surface area contributed by atoms with Crippen LogP contribution in [0.5, 0.6) is 0 Å². The number of rotatable bonds is 5. The summed E-state index contributed by atoms with van der Waals surface area (Å²) in [5.41, 5.74) is -0.271. The van der Waals surface area contributed by atoms with E-state index < -0.39 is 0 Å². The predicted octanol–water partition coefficient (Wildman–Crippen LogP) is 1.24. The normalized spacial score (nSPS) is 23.4. The molecule has 20 heavy (non-hydrogen) atoms. The first kappa shape index (κ1) is 15.4. The first-order chi connectivity index (χ1) is 9.38. The first-order valence-electron chi connectivity index (χ1n) is 7.20. The van der Waals surface area contributed by atoms with E-state index in [1.807, 2.05) is 13.8 Å². The van der Waals surface area contributed by atoms with Gasteiger partial charge in [-0.3, -0.25) is 4.90 Å². The maximum Gasteiger partial charge on any atom is 0.240 e. The van der Waals surface area contributed by atoms with E-state index >= 15 is 0 Å². The Bertz CT molecular complexity index is 431. The molecule has 1 unspecified atom stereocenters. The van der Waals surface area contributed by atoms with Crippen LogP contribution in [0.15, 0.2) is 4.52 Å². The molecule has 0 bridgehead atoms. The van der Waals surface area contributed by atoms with Crippen molar-refractivity contribution >= 4 is 0 Å². The number of aromatic nitrogens is 2. The monoisotopic (exact) mass is 283 g/mol. The Morgan fingerprint density at radius 3 is 2.85 bits per heavy atom. The molecule has 1 N–H and O–H groups in total. The van der Waals surface area contributed by atoms with Gasteiger partial charge in [-0.05, 0) is 19.8 Å². The fourth-order valence-electron chi connectivity index (χ4n) is 2.63. The summed E-state index contributed by atoms with van der Waals surface area (Å²) in [4.78, 5) is 6.61. The molecule has 0 aromatic carbocycles. The van der Waals surface area contributed by atoms with Crippen LogP contribution in [-0.4, -0.2) is 51.5 Å². The van der Waals surface area contributed by atoms with Gasteiger partial charge in [0.05, 0.1) is 24.9 Å². The molecule has 0 spiro atoms. The van der Waals surface area contributed by atoms with Crippen molar-refractivity contribution in [2.24, 2.45) is 5.92 Å². The highest BCUT2D eigenvalue weighted by Crippen LogP contribution is 2.22. The van der Waals surface area contributed by atoms with Crippen molar-refractivity contribution in [1.82, 2.24) is 15.0 Å². The zero-order valence-electron chi connectivity index (χ0n) is 12.8. The largest absolute Gasteiger partial charge is 0.394 e. The Labute approximate surface area is 120 Å². The Kier molecular flexibility index (Phi) is 4.78. The topological polar surface area (TPSA) is 71.6 Å². The van der Waals surface area contributed by atoms with Crippen LogP contribution in [0, 0.1) is 5.92 Å². The quantitative estimate of drug-likeness (QED) is 0.876. The summed E-state index contributed by atoms with van der Waals surface area (Å²) in [6.45, 7) is 10.4. The van der Waals surface area contributed by atoms with Gasteiger partial charge >= 0.3 is 0 Å². The number of aliphatic hydroxyl groups excluding tert-OH is 1. The molecule has 0 saturated carbocycles. The van der Waals surface area contributed by atoms with E-state index in [4.69, 9.17) is 9.26 Å². The van der Waals surface area contributed by atoms with Gasteiger partial charge in [-0.2, -0.15) is 4.98 Å². The molecule has 0 radical (unpaired) electrons. The van der Waals surface area contributed by atoms with Gasteiger partial charge in [0.2, 0.25) is 5.89 Å². The molecule has 2 rings (SSSR count). The molecule has 6 heteroatoms. The van der Waals surface area contributed by atoms with Crippen LogP contribution in [0.2, 0.25) is 0 Å². The van der Waals surface area contributed by atoms with Gasteiger partial charge in [-0.1, -0.05) is 19.0 Å². The molecule has 0 aliphatic carbocycles. The van der Waals surface area contributed by atoms with E-state index in [9.17, 15) is 5.11 Å². The first-order valence-corrected chi connectivity index (χ1v) is 7.20. The molecule has 6 nitrogen and oxygen atoms in total. The van der Waals surface area contributed by atoms with Crippen LogP contribution in [-0.2, 0) is 17.7 Å². The minimum atomic E-state index is -0.271. The number of hydrogen-bond donors (Lipinski definition) is 1. The summed E-state index contributed by atoms with van der Waals surface area (Å²) in [5.74, 6) is 1.91. The molecule has 1 fully saturated rings. The van der Waals surface area contributed by atoms with E-state index in [0.717, 1.165) is 18.8 Å². The Morgan fingerprint density at radius 1 is 1.45 bits per heavy atom. The summed E-state index contributed by atoms with van der Waals surface area (Å²) >= 11 is 0. The molecular weight excluding hydrogens is 258 g/mol. The summed E-state index contributed by atoms with van der Waals surface area (Å²) in [7, 11) is 0. The average Bonchev–Trinajstić information content (AvgIpc) is 2.73. The third kappa shape index (κ3) is 4.26. The van der Waals surface area contributed by atoms with Crippen molar-refractivity contribution in [2.75, 3.05) is 19.7 Å². The van der Waals surface area contributed by atoms with Gasteiger partial charge in [-0.25, -0.2) is 0 Å². The highest BCUT2D eigenvalue weighted by Gasteiger charge is 2.33. The second-order valence-corrected chi connectivity index (χ2v) is 6.55. The standard InChI is InChI=1S/C14H25N3O3/c1-10(2)5-12-15-13(20-16-12)7-17-6-11(8-18)19-14(3,4)9-17/h10-11,18H,5-9H2,1-4H3. The molecule has 0 amide bonds. The molecule has 2 heterocycles. The van der Waals surface area contributed by atoms with E-state index in [1.165, 1.54) is 0 Å². The maximum atomic E-state index is 9.31. The maximum absolute atomic E-state index is 9.31. The third-order valence-corrected chi connectivity index (χ3v) is 3.22. The summed E-state index contributed by atoms with van der Waals surface area (Å²) in [5, 5.41) is 13.3. The predicted molar refractivity (Wildman–Crippen MR) is 74.2 cm³/mol. The van der Waals surface area contributed by atoms with Crippen molar-refractivity contribution < 1.29 is 14.4 Å². The van der Waals surface area contributed by atoms with Crippen molar-refractivity contribution in [3.63, 3.8) is 0 Å². The Balaban J connectivity index is 1.96. The lowest BCUT2D eigenvalue weighted by atomic mass is 10.1. The van der Waals surface area contributed by atoms with Crippen molar-refractivity contribution in [2.45, 2.75) is 52.4 Å². The number of aliphatic hydroxyl groups is 1. The number of nitrogens with zero attached hydrogens (tertiary/aromatic N) is 3. The third-order valence-electron chi connectivity index (χ3n) is 3.22. The minimum Gasteiger partial charge on any atom is -0.394 e. The fourth-order valence-corrected chi connectivity index (χ4v) is 2.63. The molecule has 1 saturated heterocycles. The molecule has 1 aromatic rings. The van der Waals surface area contributed by atoms with Gasteiger partial charge < -0.3 is 14.4 Å². The summed E-state index contributed by atoms with van der Waals surface area (Å²) in [6.07, 6.45) is 0.675. The highest BCUT2D eigenvalue weighted by molar-refractivity contribution is 4.90. The van der Waals surface area contributed by atoms with Gasteiger partial charge in [0, 0.05) is 19.5 Å². The average molecular weight is 283 g/mol. The summed E-state index contributed by atoms with van der Waals surface area (Å²) < 4.78 is 11.1. The molecule has 1 atom stereocenters. The van der Waals surface area contributed by atoms with Gasteiger partial charge in [0.1, 0.15) is 0 Å². The lowest BCUT2D eigenvalue weighted by Crippen LogP contribution is -2.53. The smallest absolute Gasteiger partial charge is 0.240 e. The van der Waals surface area contributed by atoms with Crippen molar-refractivity contribution in [1.29, 1.82) is 0 Å². The SMILES string of the molecule is CC(C)Cc1noc(CN2CC(CO)OC(C)(C)C2)n1. The zero-order chi connectivity index (χ0) is 14.8. The highest BCUT2D eigenvalue weighted by atomic mass is 16.5. The molecular formula is C14H25N3O3. The van der Waals surface area contributed by atoms with Crippen molar-refractivity contribution in [3.05, 3.63) is 11.7 Å². The lowest BCUT2D eigenvalue weighted by molar-refractivity contribution is -0.151. The van der Waals surface area contributed by atoms with Crippen LogP contribution >= 0.6 is 0 Å². The molecule has 1 aromatic heterocycles. The zero-order valence-corrected chi connectivity index (χ0v) is 12.8. The molecule has 114 valence electrons. The Morgan fingerprint density at radius 2 is 2.20 bits per heavy atom. The van der Waals surface area contributed by atoms with Crippen LogP contribution in [0.25, 0.3) is 0 Å². The molecule has 1 aliphatic rings. The fraction of sp³-hybridized carbons (Fsp3) is 0.857. The van der Waals surface area contributed by atoms with Gasteiger partial charge in [-0.15, -0.1) is 0 Å². The van der Waals surface area contributed by atoms with Gasteiger partial charge in [0.15, 0.2) is 5.82 Å². The number of hydrogen-bond acceptors (Lipinski definition) is 6. The number of ether oxygens (including phenoxy) is 1. The van der Waals surface area contributed by atoms with Crippen LogP contribution < -0.4 is 0 Å². The molecule has 1 aliphatic heterocycles. The van der Waals surface area contributed by atoms with Crippen LogP contribution in [0.3, 0.4) is 0 Å². The Hall–Kier alpha value is -0.980.